The number of hydrazone groups is 1. The first-order chi connectivity index (χ1) is 27.3. The topological polar surface area (TPSA) is 158 Å². The maximum atomic E-state index is 13.8. The predicted molar refractivity (Wildman–Crippen MR) is 232 cm³/mol. The Morgan fingerprint density at radius 3 is 2.03 bits per heavy atom. The van der Waals surface area contributed by atoms with E-state index in [0.29, 0.717) is 17.9 Å². The smallest absolute Gasteiger partial charge is 0.324 e. The molecule has 0 aromatic heterocycles. The second-order valence-corrected chi connectivity index (χ2v) is 18.0. The van der Waals surface area contributed by atoms with Gasteiger partial charge in [-0.3, -0.25) is 14.9 Å². The number of halogens is 3. The number of hydrogen-bond donors (Lipinski definition) is 4. The molecule has 0 spiro atoms. The van der Waals surface area contributed by atoms with Gasteiger partial charge in [0.15, 0.2) is 18.0 Å². The Hall–Kier alpha value is -4.66. The molecule has 2 unspecified atom stereocenters. The Labute approximate surface area is 354 Å². The maximum Gasteiger partial charge on any atom is 0.324 e. The lowest BCUT2D eigenvalue weighted by atomic mass is 9.76. The third-order valence-electron chi connectivity index (χ3n) is 10.3. The van der Waals surface area contributed by atoms with Gasteiger partial charge in [-0.15, -0.1) is 5.10 Å². The zero-order valence-corrected chi connectivity index (χ0v) is 36.3. The van der Waals surface area contributed by atoms with Crippen molar-refractivity contribution in [2.45, 2.75) is 95.6 Å². The van der Waals surface area contributed by atoms with E-state index in [4.69, 9.17) is 39.5 Å². The van der Waals surface area contributed by atoms with E-state index in [1.807, 2.05) is 13.0 Å². The molecular weight excluding hydrogens is 823 g/mol. The molecule has 0 radical (unpaired) electrons. The Bertz CT molecular complexity index is 2320. The number of rotatable bonds is 14. The summed E-state index contributed by atoms with van der Waals surface area (Å²) in [5.74, 6) is -0.999. The summed E-state index contributed by atoms with van der Waals surface area (Å²) < 4.78 is 35.4. The minimum atomic E-state index is -4.29. The zero-order valence-electron chi connectivity index (χ0n) is 33.2. The minimum Gasteiger partial charge on any atom is -0.480 e. The lowest BCUT2D eigenvalue weighted by Crippen LogP contribution is -2.51. The number of amides is 4. The molecule has 1 heterocycles. The number of ether oxygens (including phenoxy) is 1. The van der Waals surface area contributed by atoms with Crippen LogP contribution < -0.4 is 30.4 Å². The molecule has 4 aromatic rings. The van der Waals surface area contributed by atoms with Crippen LogP contribution in [0.2, 0.25) is 15.1 Å². The fourth-order valence-corrected chi connectivity index (χ4v) is 8.16. The average Bonchev–Trinajstić information content (AvgIpc) is 3.45. The van der Waals surface area contributed by atoms with Gasteiger partial charge in [0.1, 0.15) is 11.4 Å². The summed E-state index contributed by atoms with van der Waals surface area (Å²) in [7, 11) is -4.29. The van der Waals surface area contributed by atoms with Crippen molar-refractivity contribution >= 4 is 85.6 Å². The van der Waals surface area contributed by atoms with E-state index in [2.05, 4.69) is 79.4 Å². The molecule has 0 aliphatic carbocycles. The zero-order chi connectivity index (χ0) is 42.6. The highest BCUT2D eigenvalue weighted by molar-refractivity contribution is 7.89. The Kier molecular flexibility index (Phi) is 13.9. The summed E-state index contributed by atoms with van der Waals surface area (Å²) in [5.41, 5.74) is 2.56. The summed E-state index contributed by atoms with van der Waals surface area (Å²) in [4.78, 5) is 40.7. The van der Waals surface area contributed by atoms with E-state index in [1.165, 1.54) is 48.0 Å². The van der Waals surface area contributed by atoms with Crippen LogP contribution in [0.4, 0.5) is 21.9 Å². The molecule has 1 aliphatic rings. The van der Waals surface area contributed by atoms with Gasteiger partial charge in [-0.2, -0.15) is 9.73 Å². The molecular formula is C42H47Cl3N6O6S. The largest absolute Gasteiger partial charge is 0.480 e. The molecule has 4 N–H and O–H groups in total. The number of urea groups is 1. The van der Waals surface area contributed by atoms with Crippen molar-refractivity contribution < 1.29 is 27.5 Å². The van der Waals surface area contributed by atoms with Gasteiger partial charge < -0.3 is 15.4 Å². The molecule has 58 heavy (non-hydrogen) atoms. The quantitative estimate of drug-likeness (QED) is 0.0989. The van der Waals surface area contributed by atoms with Gasteiger partial charge in [-0.25, -0.2) is 13.2 Å². The van der Waals surface area contributed by atoms with E-state index in [0.717, 1.165) is 23.4 Å². The van der Waals surface area contributed by atoms with Crippen molar-refractivity contribution in [1.29, 1.82) is 0 Å². The van der Waals surface area contributed by atoms with Crippen LogP contribution in [0.1, 0.15) is 78.9 Å². The standard InChI is InChI=1S/C42H47Cl3N6O6S/c1-8-33(57-34-20-19-25(41(4,5)9-2)21-30(34)42(6,7)10-3)38(52)46-27-15-14-16-28(24-27)47-40(54)48-37-35(50-58(55,56)29-17-12-11-13-18-29)39(53)51(49-37)36-31(44)22-26(43)23-32(36)45/h11-24,33,35,50H,8-10H2,1-7H3,(H,46,52)(H2,47,48,49,54). The third kappa shape index (κ3) is 10.1. The van der Waals surface area contributed by atoms with Crippen LogP contribution in [-0.4, -0.2) is 44.2 Å². The molecule has 0 saturated carbocycles. The fourth-order valence-electron chi connectivity index (χ4n) is 6.01. The highest BCUT2D eigenvalue weighted by Gasteiger charge is 2.42. The molecule has 1 aliphatic heterocycles. The highest BCUT2D eigenvalue weighted by atomic mass is 35.5. The van der Waals surface area contributed by atoms with Crippen LogP contribution >= 0.6 is 34.8 Å². The van der Waals surface area contributed by atoms with Crippen molar-refractivity contribution in [2.75, 3.05) is 15.6 Å². The van der Waals surface area contributed by atoms with Gasteiger partial charge in [0.05, 0.1) is 14.9 Å². The van der Waals surface area contributed by atoms with Crippen LogP contribution in [0.15, 0.2) is 94.9 Å². The number of sulfonamides is 1. The van der Waals surface area contributed by atoms with Crippen molar-refractivity contribution in [3.05, 3.63) is 111 Å². The number of carbonyl (C=O) groups excluding carboxylic acids is 3. The van der Waals surface area contributed by atoms with Crippen LogP contribution in [0.25, 0.3) is 0 Å². The van der Waals surface area contributed by atoms with Crippen LogP contribution in [0.5, 0.6) is 5.75 Å². The molecule has 308 valence electrons. The molecule has 2 atom stereocenters. The summed E-state index contributed by atoms with van der Waals surface area (Å²) in [6, 6.07) is 20.1. The Morgan fingerprint density at radius 1 is 0.810 bits per heavy atom. The first kappa shape index (κ1) is 44.4. The number of anilines is 3. The van der Waals surface area contributed by atoms with Crippen molar-refractivity contribution in [2.24, 2.45) is 5.10 Å². The summed E-state index contributed by atoms with van der Waals surface area (Å²) in [6.45, 7) is 14.9. The molecule has 5 rings (SSSR count). The molecule has 0 fully saturated rings. The van der Waals surface area contributed by atoms with E-state index in [9.17, 15) is 22.8 Å². The number of carbonyl (C=O) groups is 3. The van der Waals surface area contributed by atoms with E-state index in [1.54, 1.807) is 24.3 Å². The number of hydrogen-bond acceptors (Lipinski definition) is 7. The van der Waals surface area contributed by atoms with Crippen molar-refractivity contribution in [1.82, 2.24) is 10.0 Å². The van der Waals surface area contributed by atoms with Crippen molar-refractivity contribution in [3.63, 3.8) is 0 Å². The first-order valence-electron chi connectivity index (χ1n) is 18.7. The normalized spacial score (nSPS) is 15.1. The number of benzene rings is 4. The number of nitrogens with one attached hydrogen (secondary N) is 4. The van der Waals surface area contributed by atoms with Gasteiger partial charge in [0, 0.05) is 22.0 Å². The SMILES string of the molecule is CCC(Oc1ccc(C(C)(C)CC)cc1C(C)(C)CC)C(=O)Nc1cccc(NC(=O)NC2=NN(c3c(Cl)cc(Cl)cc3Cl)C(=O)C2NS(=O)(=O)c2ccccc2)c1. The van der Waals surface area contributed by atoms with E-state index >= 15 is 0 Å². The van der Waals surface area contributed by atoms with E-state index < -0.39 is 34.1 Å². The third-order valence-corrected chi connectivity index (χ3v) is 12.5. The first-order valence-corrected chi connectivity index (χ1v) is 21.4. The molecule has 16 heteroatoms. The summed E-state index contributed by atoms with van der Waals surface area (Å²) in [5, 5.41) is 13.1. The lowest BCUT2D eigenvalue weighted by Gasteiger charge is -2.31. The average molecular weight is 870 g/mol. The summed E-state index contributed by atoms with van der Waals surface area (Å²) >= 11 is 18.8. The molecule has 0 saturated heterocycles. The molecule has 0 bridgehead atoms. The van der Waals surface area contributed by atoms with Gasteiger partial charge in [-0.05, 0) is 84.2 Å². The van der Waals surface area contributed by atoms with Crippen LogP contribution in [-0.2, 0) is 30.4 Å². The monoisotopic (exact) mass is 868 g/mol. The Balaban J connectivity index is 1.34. The van der Waals surface area contributed by atoms with Gasteiger partial charge in [0.2, 0.25) is 10.0 Å². The van der Waals surface area contributed by atoms with Crippen molar-refractivity contribution in [3.8, 4) is 5.75 Å². The minimum absolute atomic E-state index is 0.0292. The van der Waals surface area contributed by atoms with Gasteiger partial charge >= 0.3 is 6.03 Å². The Morgan fingerprint density at radius 2 is 1.43 bits per heavy atom. The molecule has 4 aromatic carbocycles. The predicted octanol–water partition coefficient (Wildman–Crippen LogP) is 9.65. The van der Waals surface area contributed by atoms with Crippen LogP contribution in [0, 0.1) is 0 Å². The second-order valence-electron chi connectivity index (χ2n) is 15.1. The molecule has 12 nitrogen and oxygen atoms in total. The van der Waals surface area contributed by atoms with Crippen LogP contribution in [0.3, 0.4) is 0 Å². The fraction of sp³-hybridized carbons (Fsp3) is 0.333. The number of nitrogens with zero attached hydrogens (tertiary/aromatic N) is 2. The molecule has 4 amide bonds. The maximum absolute atomic E-state index is 13.8. The van der Waals surface area contributed by atoms with Gasteiger partial charge in [0.25, 0.3) is 11.8 Å². The second kappa shape index (κ2) is 18.1. The highest BCUT2D eigenvalue weighted by Crippen LogP contribution is 2.40. The van der Waals surface area contributed by atoms with Gasteiger partial charge in [-0.1, -0.05) is 120 Å². The van der Waals surface area contributed by atoms with E-state index in [-0.39, 0.29) is 53.9 Å². The number of amidine groups is 1. The summed E-state index contributed by atoms with van der Waals surface area (Å²) in [6.07, 6.45) is 1.40. The lowest BCUT2D eigenvalue weighted by molar-refractivity contribution is -0.123.